The number of ether oxygens (including phenoxy) is 3. The summed E-state index contributed by atoms with van der Waals surface area (Å²) in [6.07, 6.45) is 3.40. The van der Waals surface area contributed by atoms with E-state index in [0.29, 0.717) is 75.8 Å². The van der Waals surface area contributed by atoms with E-state index >= 15 is 0 Å². The smallest absolute Gasteiger partial charge is 0.410 e. The molecule has 0 spiro atoms. The number of thiazole rings is 1. The second kappa shape index (κ2) is 39.8. The van der Waals surface area contributed by atoms with Crippen molar-refractivity contribution < 1.29 is 62.5 Å². The zero-order chi connectivity index (χ0) is 68.2. The molecule has 514 valence electrons. The van der Waals surface area contributed by atoms with Crippen molar-refractivity contribution in [3.8, 4) is 0 Å². The Morgan fingerprint density at radius 1 is 0.772 bits per heavy atom. The van der Waals surface area contributed by atoms with Gasteiger partial charge >= 0.3 is 6.09 Å². The van der Waals surface area contributed by atoms with Gasteiger partial charge in [0.25, 0.3) is 0 Å². The Labute approximate surface area is 548 Å². The Kier molecular flexibility index (Phi) is 33.7. The van der Waals surface area contributed by atoms with E-state index in [1.807, 2.05) is 70.3 Å². The average Bonchev–Trinajstić information content (AvgIpc) is 1.35. The van der Waals surface area contributed by atoms with Crippen LogP contribution >= 0.6 is 11.3 Å². The Bertz CT molecular complexity index is 2740. The number of hydrogen-bond acceptors (Lipinski definition) is 18. The Hall–Kier alpha value is -6.65. The average molecular weight is 1310 g/mol. The van der Waals surface area contributed by atoms with Gasteiger partial charge in [0.1, 0.15) is 35.8 Å². The summed E-state index contributed by atoms with van der Waals surface area (Å²) in [5.41, 5.74) is 7.42. The quantitative estimate of drug-likeness (QED) is 0.0192. The molecule has 1 aliphatic heterocycles. The summed E-state index contributed by atoms with van der Waals surface area (Å²) in [5.74, 6) is 0.388. The molecule has 25 nitrogen and oxygen atoms in total. The van der Waals surface area contributed by atoms with Crippen molar-refractivity contribution in [3.63, 3.8) is 0 Å². The van der Waals surface area contributed by atoms with E-state index in [2.05, 4.69) is 41.7 Å². The topological polar surface area (TPSA) is 341 Å². The first-order chi connectivity index (χ1) is 43.8. The van der Waals surface area contributed by atoms with Gasteiger partial charge in [-0.2, -0.15) is 0 Å². The molecule has 12 atom stereocenters. The van der Waals surface area contributed by atoms with Gasteiger partial charge in [0.15, 0.2) is 6.35 Å². The van der Waals surface area contributed by atoms with Crippen LogP contribution in [0.1, 0.15) is 149 Å². The van der Waals surface area contributed by atoms with Crippen molar-refractivity contribution in [2.24, 2.45) is 41.2 Å². The summed E-state index contributed by atoms with van der Waals surface area (Å²) in [6.45, 7) is 17.5. The van der Waals surface area contributed by atoms with Gasteiger partial charge in [0.05, 0.1) is 49.3 Å². The molecule has 2 heterocycles. The third kappa shape index (κ3) is 24.0. The molecule has 1 saturated heterocycles. The molecule has 26 heteroatoms. The molecule has 1 aromatic heterocycles. The van der Waals surface area contributed by atoms with Gasteiger partial charge in [-0.3, -0.25) is 49.5 Å². The highest BCUT2D eigenvalue weighted by atomic mass is 32.1. The van der Waals surface area contributed by atoms with Gasteiger partial charge in [0, 0.05) is 58.5 Å². The molecule has 1 fully saturated rings. The van der Waals surface area contributed by atoms with Crippen LogP contribution in [0.5, 0.6) is 0 Å². The number of carbonyl (C=O) groups is 8. The lowest BCUT2D eigenvalue weighted by molar-refractivity contribution is -0.148. The number of aliphatic hydroxyl groups excluding tert-OH is 1. The summed E-state index contributed by atoms with van der Waals surface area (Å²) >= 11 is 1.47. The third-order valence-electron chi connectivity index (χ3n) is 17.1. The number of hydrogen-bond donors (Lipinski definition) is 9. The number of likely N-dealkylation sites (N-methyl/N-ethyl adjacent to an activating group) is 2. The molecule has 0 bridgehead atoms. The van der Waals surface area contributed by atoms with Crippen LogP contribution in [-0.2, 0) is 65.6 Å². The maximum atomic E-state index is 14.9. The Morgan fingerprint density at radius 2 is 1.46 bits per heavy atom. The van der Waals surface area contributed by atoms with Crippen LogP contribution in [0.4, 0.5) is 10.5 Å². The number of unbranched alkanes of at least 4 members (excludes halogenated alkanes) is 2. The van der Waals surface area contributed by atoms with Crippen LogP contribution in [0.2, 0.25) is 0 Å². The SMILES string of the molecule is CC[C@H](C)[C@@H]([C@@H](CC(=O)N1CCC[C@H]1[C@H](OC)[C@@H](C)C(=O)N[C@@H](Cc1ccccc1)c1nccs1)OC)N(C)C(=O)[C@@H](NC(=O)[C@H](C(C)C)N(C)C(=O)OCc1ccc(NC(=O)[C@H](CCCNC(N)O)NC(=O)[C@@H](NC(=O)CCCCCON)C(C)C)cc1)C(C)C. The van der Waals surface area contributed by atoms with Gasteiger partial charge in [-0.1, -0.05) is 118 Å². The minimum Gasteiger partial charge on any atom is -0.445 e. The van der Waals surface area contributed by atoms with Gasteiger partial charge in [-0.15, -0.1) is 11.3 Å². The van der Waals surface area contributed by atoms with Crippen molar-refractivity contribution in [3.05, 3.63) is 82.3 Å². The van der Waals surface area contributed by atoms with Crippen LogP contribution in [0.3, 0.4) is 0 Å². The highest BCUT2D eigenvalue weighted by Crippen LogP contribution is 2.31. The number of aromatic nitrogens is 1. The molecule has 8 amide bonds. The zero-order valence-corrected chi connectivity index (χ0v) is 57.1. The van der Waals surface area contributed by atoms with Crippen molar-refractivity contribution in [2.75, 3.05) is 53.3 Å². The monoisotopic (exact) mass is 1310 g/mol. The fraction of sp³-hybridized carbons (Fsp3) is 0.652. The van der Waals surface area contributed by atoms with Crippen molar-refractivity contribution >= 4 is 64.5 Å². The van der Waals surface area contributed by atoms with Gasteiger partial charge < -0.3 is 60.5 Å². The van der Waals surface area contributed by atoms with E-state index in [4.69, 9.17) is 25.8 Å². The molecule has 1 aliphatic rings. The van der Waals surface area contributed by atoms with Crippen LogP contribution in [-0.4, -0.2) is 175 Å². The van der Waals surface area contributed by atoms with E-state index in [9.17, 15) is 43.5 Å². The molecule has 0 saturated carbocycles. The molecule has 11 N–H and O–H groups in total. The first-order valence-electron chi connectivity index (χ1n) is 32.3. The normalized spacial score (nSPS) is 16.9. The van der Waals surface area contributed by atoms with Crippen LogP contribution in [0.15, 0.2) is 66.2 Å². The Morgan fingerprint density at radius 3 is 2.04 bits per heavy atom. The molecule has 4 rings (SSSR count). The number of nitrogens with two attached hydrogens (primary N) is 2. The minimum absolute atomic E-state index is 0.0663. The number of benzene rings is 2. The number of anilines is 1. The summed E-state index contributed by atoms with van der Waals surface area (Å²) in [5, 5.41) is 29.5. The van der Waals surface area contributed by atoms with Crippen molar-refractivity contribution in [1.82, 2.24) is 46.3 Å². The molecule has 92 heavy (non-hydrogen) atoms. The van der Waals surface area contributed by atoms with E-state index < -0.39 is 102 Å². The predicted molar refractivity (Wildman–Crippen MR) is 352 cm³/mol. The number of nitrogens with zero attached hydrogens (tertiary/aromatic N) is 4. The lowest BCUT2D eigenvalue weighted by atomic mass is 9.89. The number of methoxy groups -OCH3 is 2. The summed E-state index contributed by atoms with van der Waals surface area (Å²) in [7, 11) is 6.19. The maximum Gasteiger partial charge on any atom is 0.410 e. The number of carbonyl (C=O) groups excluding carboxylic acids is 8. The highest BCUT2D eigenvalue weighted by molar-refractivity contribution is 7.09. The fourth-order valence-electron chi connectivity index (χ4n) is 11.8. The summed E-state index contributed by atoms with van der Waals surface area (Å²) in [4.78, 5) is 126. The molecule has 2 aromatic carbocycles. The largest absolute Gasteiger partial charge is 0.445 e. The highest BCUT2D eigenvalue weighted by Gasteiger charge is 2.44. The first-order valence-corrected chi connectivity index (χ1v) is 33.2. The Balaban J connectivity index is 1.40. The number of likely N-dealkylation sites (tertiary alicyclic amines) is 1. The van der Waals surface area contributed by atoms with Crippen LogP contribution in [0, 0.1) is 29.6 Å². The summed E-state index contributed by atoms with van der Waals surface area (Å²) in [6, 6.07) is 11.0. The number of aliphatic hydroxyl groups is 1. The van der Waals surface area contributed by atoms with Gasteiger partial charge in [-0.05, 0) is 98.4 Å². The van der Waals surface area contributed by atoms with Gasteiger partial charge in [-0.25, -0.2) is 15.7 Å². The van der Waals surface area contributed by atoms with E-state index in [-0.39, 0.29) is 68.0 Å². The predicted octanol–water partition coefficient (Wildman–Crippen LogP) is 5.52. The minimum atomic E-state index is -1.27. The molecule has 1 unspecified atom stereocenters. The second-order valence-electron chi connectivity index (χ2n) is 25.1. The van der Waals surface area contributed by atoms with Crippen LogP contribution in [0.25, 0.3) is 0 Å². The molecule has 0 aliphatic carbocycles. The second-order valence-corrected chi connectivity index (χ2v) is 26.0. The van der Waals surface area contributed by atoms with Crippen LogP contribution < -0.4 is 43.5 Å². The number of rotatable bonds is 40. The van der Waals surface area contributed by atoms with E-state index in [0.717, 1.165) is 10.6 Å². The van der Waals surface area contributed by atoms with E-state index in [1.54, 1.807) is 82.1 Å². The van der Waals surface area contributed by atoms with Crippen molar-refractivity contribution in [1.29, 1.82) is 0 Å². The van der Waals surface area contributed by atoms with E-state index in [1.165, 1.54) is 30.4 Å². The molecular weight excluding hydrogens is 1200 g/mol. The number of nitrogens with one attached hydrogen (secondary N) is 6. The first kappa shape index (κ1) is 77.8. The zero-order valence-electron chi connectivity index (χ0n) is 56.3. The fourth-order valence-corrected chi connectivity index (χ4v) is 12.4. The number of amides is 8. The van der Waals surface area contributed by atoms with Gasteiger partial charge in [0.2, 0.25) is 41.4 Å². The lowest BCUT2D eigenvalue weighted by Gasteiger charge is -2.41. The molecular formula is C66H106N12O13S. The summed E-state index contributed by atoms with van der Waals surface area (Å²) < 4.78 is 17.9. The van der Waals surface area contributed by atoms with Crippen molar-refractivity contribution in [2.45, 2.75) is 200 Å². The molecule has 3 aromatic rings. The maximum absolute atomic E-state index is 14.9. The third-order valence-corrected chi connectivity index (χ3v) is 18.0. The standard InChI is InChI=1S/C66H106N12O13S/c1-14-43(8)57(51(88-12)38-53(80)78-34-22-26-50(78)58(89-13)44(9)59(81)73-49(63-69-33-36-92-63)37-45-23-17-15-18-24-45)76(10)64(85)55(41(4)5)75-62(84)56(42(6)7)77(11)66(87)90-39-46-28-30-47(31-29-46)71-60(82)48(25-21-32-70-65(67)86)72-61(83)54(40(2)3)74-52(79)27-19-16-20-35-91-68/h15,17-18,23-24,28-31,33,36,40-44,48-51,54-58,65,70,86H,14,16,19-22,25-27,32,34-35,37-39,67-68H2,1-13H3,(H,71,82)(H,72,83)(H,73,81)(H,74,79)(H,75,84)/t43-,44+,48-,49-,50-,51+,54-,55-,56-,57-,58+,65?/m0/s1. The lowest BCUT2D eigenvalue weighted by Crippen LogP contribution is -2.60. The molecule has 0 radical (unpaired) electrons.